The fraction of sp³-hybridized carbons (Fsp3) is 1.00. The van der Waals surface area contributed by atoms with Crippen molar-refractivity contribution in [1.82, 2.24) is 10.2 Å². The zero-order valence-corrected chi connectivity index (χ0v) is 13.1. The van der Waals surface area contributed by atoms with Gasteiger partial charge in [-0.05, 0) is 37.7 Å². The largest absolute Gasteiger partial charge is 0.308 e. The first kappa shape index (κ1) is 15.3. The van der Waals surface area contributed by atoms with Crippen LogP contribution in [-0.4, -0.2) is 48.1 Å². The van der Waals surface area contributed by atoms with Crippen LogP contribution in [0, 0.1) is 5.92 Å². The van der Waals surface area contributed by atoms with E-state index in [9.17, 15) is 0 Å². The Hall–Kier alpha value is 0.270. The molecule has 1 N–H and O–H groups in total. The molecule has 0 aromatic heterocycles. The molecule has 1 aliphatic heterocycles. The van der Waals surface area contributed by atoms with Crippen molar-refractivity contribution in [2.24, 2.45) is 5.92 Å². The lowest BCUT2D eigenvalue weighted by atomic mass is 9.88. The molecule has 3 heteroatoms. The number of thioether (sulfide) groups is 1. The van der Waals surface area contributed by atoms with E-state index in [1.165, 1.54) is 31.7 Å². The molecular weight excluding hydrogens is 228 g/mol. The molecule has 0 aromatic carbocycles. The topological polar surface area (TPSA) is 15.3 Å². The smallest absolute Gasteiger partial charge is 0.0304 e. The standard InChI is InChI=1S/C14H30N2S/c1-6-14(7-2)11-16(13(4)8-15-14)9-12(3)10-17-5/h12-13,15H,6-11H2,1-5H3. The van der Waals surface area contributed by atoms with Crippen LogP contribution in [0.3, 0.4) is 0 Å². The van der Waals surface area contributed by atoms with E-state index in [0.717, 1.165) is 12.5 Å². The lowest BCUT2D eigenvalue weighted by Gasteiger charge is -2.47. The molecule has 1 fully saturated rings. The van der Waals surface area contributed by atoms with E-state index >= 15 is 0 Å². The van der Waals surface area contributed by atoms with Gasteiger partial charge in [-0.2, -0.15) is 11.8 Å². The first-order chi connectivity index (χ1) is 8.06. The Kier molecular flexibility index (Phi) is 6.32. The summed E-state index contributed by atoms with van der Waals surface area (Å²) in [5, 5.41) is 3.77. The van der Waals surface area contributed by atoms with Gasteiger partial charge in [-0.15, -0.1) is 0 Å². The van der Waals surface area contributed by atoms with Gasteiger partial charge in [-0.1, -0.05) is 20.8 Å². The van der Waals surface area contributed by atoms with Crippen LogP contribution in [0.15, 0.2) is 0 Å². The van der Waals surface area contributed by atoms with Crippen molar-refractivity contribution in [2.45, 2.75) is 52.1 Å². The molecule has 0 aromatic rings. The summed E-state index contributed by atoms with van der Waals surface area (Å²) in [6.07, 6.45) is 4.69. The molecule has 0 saturated carbocycles. The minimum absolute atomic E-state index is 0.367. The van der Waals surface area contributed by atoms with Crippen molar-refractivity contribution < 1.29 is 0 Å². The number of hydrogen-bond acceptors (Lipinski definition) is 3. The fourth-order valence-electron chi connectivity index (χ4n) is 2.80. The molecule has 2 nitrogen and oxygen atoms in total. The van der Waals surface area contributed by atoms with E-state index in [4.69, 9.17) is 0 Å². The molecule has 1 heterocycles. The Morgan fingerprint density at radius 2 is 2.06 bits per heavy atom. The quantitative estimate of drug-likeness (QED) is 0.789. The summed E-state index contributed by atoms with van der Waals surface area (Å²) in [5.74, 6) is 2.08. The third-order valence-corrected chi connectivity index (χ3v) is 5.15. The predicted molar refractivity (Wildman–Crippen MR) is 79.9 cm³/mol. The highest BCUT2D eigenvalue weighted by Crippen LogP contribution is 2.23. The summed E-state index contributed by atoms with van der Waals surface area (Å²) in [6, 6.07) is 0.686. The van der Waals surface area contributed by atoms with E-state index < -0.39 is 0 Å². The molecule has 102 valence electrons. The second kappa shape index (κ2) is 7.01. The first-order valence-corrected chi connectivity index (χ1v) is 8.44. The van der Waals surface area contributed by atoms with Crippen LogP contribution >= 0.6 is 11.8 Å². The van der Waals surface area contributed by atoms with E-state index in [1.807, 2.05) is 11.8 Å². The molecule has 0 spiro atoms. The van der Waals surface area contributed by atoms with Crippen LogP contribution in [-0.2, 0) is 0 Å². The first-order valence-electron chi connectivity index (χ1n) is 7.05. The van der Waals surface area contributed by atoms with Crippen molar-refractivity contribution in [2.75, 3.05) is 31.6 Å². The predicted octanol–water partition coefficient (Wildman–Crippen LogP) is 2.84. The fourth-order valence-corrected chi connectivity index (χ4v) is 3.47. The maximum Gasteiger partial charge on any atom is 0.0304 e. The van der Waals surface area contributed by atoms with Gasteiger partial charge in [0.25, 0.3) is 0 Å². The zero-order chi connectivity index (χ0) is 12.9. The molecule has 0 amide bonds. The summed E-state index contributed by atoms with van der Waals surface area (Å²) >= 11 is 1.97. The maximum absolute atomic E-state index is 3.77. The molecule has 0 radical (unpaired) electrons. The van der Waals surface area contributed by atoms with Crippen molar-refractivity contribution in [3.05, 3.63) is 0 Å². The number of nitrogens with one attached hydrogen (secondary N) is 1. The number of hydrogen-bond donors (Lipinski definition) is 1. The highest BCUT2D eigenvalue weighted by atomic mass is 32.2. The van der Waals surface area contributed by atoms with Crippen LogP contribution < -0.4 is 5.32 Å². The third kappa shape index (κ3) is 4.15. The molecule has 2 unspecified atom stereocenters. The summed E-state index contributed by atoms with van der Waals surface area (Å²) < 4.78 is 0. The molecule has 0 bridgehead atoms. The second-order valence-electron chi connectivity index (χ2n) is 5.71. The number of piperazine rings is 1. The van der Waals surface area contributed by atoms with Gasteiger partial charge < -0.3 is 5.32 Å². The molecule has 1 rings (SSSR count). The minimum Gasteiger partial charge on any atom is -0.308 e. The van der Waals surface area contributed by atoms with Gasteiger partial charge in [-0.3, -0.25) is 4.90 Å². The van der Waals surface area contributed by atoms with Crippen molar-refractivity contribution in [3.8, 4) is 0 Å². The molecule has 2 atom stereocenters. The van der Waals surface area contributed by atoms with Crippen LogP contribution in [0.5, 0.6) is 0 Å². The Bertz CT molecular complexity index is 216. The SMILES string of the molecule is CCC1(CC)CN(CC(C)CSC)C(C)CN1. The van der Waals surface area contributed by atoms with Crippen LogP contribution in [0.4, 0.5) is 0 Å². The van der Waals surface area contributed by atoms with Gasteiger partial charge in [0.05, 0.1) is 0 Å². The van der Waals surface area contributed by atoms with Crippen LogP contribution in [0.2, 0.25) is 0 Å². The maximum atomic E-state index is 3.77. The third-order valence-electron chi connectivity index (χ3n) is 4.25. The average Bonchev–Trinajstić information content (AvgIpc) is 2.33. The second-order valence-corrected chi connectivity index (χ2v) is 6.62. The summed E-state index contributed by atoms with van der Waals surface area (Å²) in [7, 11) is 0. The van der Waals surface area contributed by atoms with E-state index in [-0.39, 0.29) is 0 Å². The molecule has 17 heavy (non-hydrogen) atoms. The molecule has 1 saturated heterocycles. The zero-order valence-electron chi connectivity index (χ0n) is 12.3. The lowest BCUT2D eigenvalue weighted by molar-refractivity contribution is 0.0716. The number of nitrogens with zero attached hydrogens (tertiary/aromatic N) is 1. The van der Waals surface area contributed by atoms with Crippen LogP contribution in [0.25, 0.3) is 0 Å². The van der Waals surface area contributed by atoms with E-state index in [0.29, 0.717) is 11.6 Å². The van der Waals surface area contributed by atoms with Crippen molar-refractivity contribution >= 4 is 11.8 Å². The highest BCUT2D eigenvalue weighted by molar-refractivity contribution is 7.98. The Morgan fingerprint density at radius 1 is 1.41 bits per heavy atom. The van der Waals surface area contributed by atoms with Gasteiger partial charge in [0.2, 0.25) is 0 Å². The van der Waals surface area contributed by atoms with Gasteiger partial charge in [0.15, 0.2) is 0 Å². The molecule has 0 aliphatic carbocycles. The van der Waals surface area contributed by atoms with Gasteiger partial charge in [0, 0.05) is 31.2 Å². The lowest BCUT2D eigenvalue weighted by Crippen LogP contribution is -2.63. The summed E-state index contributed by atoms with van der Waals surface area (Å²) in [4.78, 5) is 2.70. The monoisotopic (exact) mass is 258 g/mol. The van der Waals surface area contributed by atoms with Gasteiger partial charge in [0.1, 0.15) is 0 Å². The minimum atomic E-state index is 0.367. The average molecular weight is 258 g/mol. The van der Waals surface area contributed by atoms with Gasteiger partial charge >= 0.3 is 0 Å². The van der Waals surface area contributed by atoms with Crippen molar-refractivity contribution in [1.29, 1.82) is 0 Å². The van der Waals surface area contributed by atoms with E-state index in [1.54, 1.807) is 0 Å². The Balaban J connectivity index is 2.56. The summed E-state index contributed by atoms with van der Waals surface area (Å²) in [5.41, 5.74) is 0.367. The van der Waals surface area contributed by atoms with Crippen LogP contribution in [0.1, 0.15) is 40.5 Å². The Morgan fingerprint density at radius 3 is 2.59 bits per heavy atom. The Labute approximate surface area is 112 Å². The number of rotatable bonds is 6. The summed E-state index contributed by atoms with van der Waals surface area (Å²) in [6.45, 7) is 13.0. The molecule has 1 aliphatic rings. The highest BCUT2D eigenvalue weighted by Gasteiger charge is 2.35. The normalized spacial score (nSPS) is 27.0. The van der Waals surface area contributed by atoms with Crippen molar-refractivity contribution in [3.63, 3.8) is 0 Å². The van der Waals surface area contributed by atoms with Gasteiger partial charge in [-0.25, -0.2) is 0 Å². The van der Waals surface area contributed by atoms with E-state index in [2.05, 4.69) is 44.2 Å². The molecular formula is C14H30N2S.